The molecule has 10 heteroatoms. The van der Waals surface area contributed by atoms with Crippen molar-refractivity contribution in [2.75, 3.05) is 13.2 Å². The third-order valence-corrected chi connectivity index (χ3v) is 9.37. The molecule has 1 atom stereocenters. The van der Waals surface area contributed by atoms with Gasteiger partial charge in [0.2, 0.25) is 12.0 Å². The molecule has 0 spiro atoms. The van der Waals surface area contributed by atoms with Gasteiger partial charge in [-0.25, -0.2) is 14.6 Å². The first-order chi connectivity index (χ1) is 26.8. The van der Waals surface area contributed by atoms with Gasteiger partial charge in [0, 0.05) is 35.4 Å². The predicted octanol–water partition coefficient (Wildman–Crippen LogP) is 9.37. The average Bonchev–Trinajstić information content (AvgIpc) is 3.88. The Kier molecular flexibility index (Phi) is 15.6. The third-order valence-electron chi connectivity index (χ3n) is 9.37. The van der Waals surface area contributed by atoms with Crippen LogP contribution in [0.3, 0.4) is 0 Å². The van der Waals surface area contributed by atoms with E-state index in [9.17, 15) is 19.5 Å². The highest BCUT2D eigenvalue weighted by Gasteiger charge is 2.24. The molecular weight excluding hydrogens is 693 g/mol. The number of esters is 1. The molecule has 0 saturated heterocycles. The Morgan fingerprint density at radius 2 is 1.31 bits per heavy atom. The van der Waals surface area contributed by atoms with Crippen LogP contribution in [-0.4, -0.2) is 52.2 Å². The van der Waals surface area contributed by atoms with E-state index >= 15 is 0 Å². The molecule has 1 unspecified atom stereocenters. The van der Waals surface area contributed by atoms with E-state index < -0.39 is 18.0 Å². The van der Waals surface area contributed by atoms with E-state index in [0.717, 1.165) is 57.6 Å². The second-order valence-corrected chi connectivity index (χ2v) is 13.6. The van der Waals surface area contributed by atoms with Gasteiger partial charge < -0.3 is 20.1 Å². The molecule has 0 saturated carbocycles. The number of carboxylic acid groups (broad SMARTS) is 1. The summed E-state index contributed by atoms with van der Waals surface area (Å²) in [5.41, 5.74) is 9.97. The van der Waals surface area contributed by atoms with Crippen molar-refractivity contribution in [2.24, 2.45) is 0 Å². The molecule has 1 aromatic heterocycles. The number of aliphatic carboxylic acids is 1. The van der Waals surface area contributed by atoms with Gasteiger partial charge in [0.05, 0.1) is 23.7 Å². The van der Waals surface area contributed by atoms with Gasteiger partial charge in [0.15, 0.2) is 0 Å². The Morgan fingerprint density at radius 1 is 0.745 bits per heavy atom. The van der Waals surface area contributed by atoms with Crippen molar-refractivity contribution in [1.82, 2.24) is 20.8 Å². The number of hydroxylamine groups is 1. The topological polar surface area (TPSA) is 143 Å². The molecule has 55 heavy (non-hydrogen) atoms. The number of hydrogen-bond acceptors (Lipinski definition) is 7. The lowest BCUT2D eigenvalue weighted by atomic mass is 10.0. The van der Waals surface area contributed by atoms with Crippen LogP contribution in [0.2, 0.25) is 0 Å². The highest BCUT2D eigenvalue weighted by atomic mass is 16.7. The number of aromatic amines is 1. The summed E-state index contributed by atoms with van der Waals surface area (Å²) in [6.45, 7) is 5.01. The highest BCUT2D eigenvalue weighted by molar-refractivity contribution is 5.92. The fraction of sp³-hybridized carbons (Fsp3) is 0.333. The number of nitrogens with one attached hydrogen (secondary N) is 3. The first-order valence-electron chi connectivity index (χ1n) is 19.4. The normalized spacial score (nSPS) is 13.9. The molecule has 1 amide bonds. The van der Waals surface area contributed by atoms with E-state index in [-0.39, 0.29) is 5.91 Å². The van der Waals surface area contributed by atoms with Crippen LogP contribution in [0.25, 0.3) is 51.8 Å². The van der Waals surface area contributed by atoms with Crippen LogP contribution < -0.4 is 10.8 Å². The van der Waals surface area contributed by atoms with Crippen molar-refractivity contribution >= 4 is 35.7 Å². The van der Waals surface area contributed by atoms with Crippen molar-refractivity contribution in [3.63, 3.8) is 0 Å². The highest BCUT2D eigenvalue weighted by Crippen LogP contribution is 2.34. The smallest absolute Gasteiger partial charge is 0.339 e. The van der Waals surface area contributed by atoms with Gasteiger partial charge in [-0.2, -0.15) is 0 Å². The van der Waals surface area contributed by atoms with Crippen molar-refractivity contribution in [1.29, 1.82) is 0 Å². The maximum Gasteiger partial charge on any atom is 0.339 e. The van der Waals surface area contributed by atoms with Gasteiger partial charge in [0.25, 0.3) is 0 Å². The molecule has 4 N–H and O–H groups in total. The van der Waals surface area contributed by atoms with Crippen LogP contribution in [0.15, 0.2) is 91.0 Å². The number of carbonyl (C=O) groups is 3. The van der Waals surface area contributed by atoms with E-state index in [1.165, 1.54) is 63.5 Å². The van der Waals surface area contributed by atoms with Crippen LogP contribution in [-0.2, 0) is 24.0 Å². The molecular formula is C45H52N4O6. The van der Waals surface area contributed by atoms with Gasteiger partial charge in [-0.05, 0) is 48.3 Å². The number of amides is 1. The zero-order valence-electron chi connectivity index (χ0n) is 31.8. The molecule has 1 aliphatic heterocycles. The fourth-order valence-electron chi connectivity index (χ4n) is 6.28. The maximum absolute atomic E-state index is 12.5. The minimum absolute atomic E-state index is 0.0984. The summed E-state index contributed by atoms with van der Waals surface area (Å²) >= 11 is 0. The molecule has 0 aliphatic carbocycles. The fourth-order valence-corrected chi connectivity index (χ4v) is 6.28. The number of nitrogens with zero attached hydrogens (tertiary/aromatic N) is 1. The van der Waals surface area contributed by atoms with Gasteiger partial charge in [0.1, 0.15) is 5.82 Å². The summed E-state index contributed by atoms with van der Waals surface area (Å²) < 4.78 is 4.98. The number of hydrogen-bond donors (Lipinski definition) is 4. The second kappa shape index (κ2) is 21.2. The zero-order valence-corrected chi connectivity index (χ0v) is 31.8. The molecule has 5 rings (SSSR count). The lowest BCUT2D eigenvalue weighted by molar-refractivity contribution is -0.148. The SMILES string of the molecule is CCCCCCCCCCCCNC(=O)C=Cc1ccc(-c2nc(-c3ccc(C=CC(=O)OCC)cc3)[nH]c2-c2ccc(C3=CC(C(=O)O)ON3)cc2)cc1. The summed E-state index contributed by atoms with van der Waals surface area (Å²) in [6.07, 6.45) is 19.6. The Hall–Kier alpha value is -5.74. The second-order valence-electron chi connectivity index (χ2n) is 13.6. The standard InChI is InChI=1S/C45H52N4O6/c1-3-5-6-7-8-9-10-11-12-13-30-46-40(50)28-18-32-14-20-35(21-15-32)42-43(36-26-24-34(25-27-36)38-31-39(45(52)53)55-49-38)48-44(47-42)37-22-16-33(17-23-37)19-29-41(51)54-4-2/h14-29,31,39,49H,3-13,30H2,1-2H3,(H,46,50)(H,47,48)(H,52,53). The molecule has 4 aromatic rings. The summed E-state index contributed by atoms with van der Waals surface area (Å²) in [5.74, 6) is -0.896. The first-order valence-corrected chi connectivity index (χ1v) is 19.4. The van der Waals surface area contributed by atoms with Crippen molar-refractivity contribution < 1.29 is 29.1 Å². The number of rotatable bonds is 21. The molecule has 0 radical (unpaired) electrons. The summed E-state index contributed by atoms with van der Waals surface area (Å²) in [5, 5.41) is 12.3. The predicted molar refractivity (Wildman–Crippen MR) is 218 cm³/mol. The third kappa shape index (κ3) is 12.4. The molecule has 10 nitrogen and oxygen atoms in total. The number of carbonyl (C=O) groups excluding carboxylic acids is 2. The van der Waals surface area contributed by atoms with Crippen LogP contribution in [0.5, 0.6) is 0 Å². The average molecular weight is 745 g/mol. The van der Waals surface area contributed by atoms with E-state index in [1.807, 2.05) is 78.9 Å². The van der Waals surface area contributed by atoms with Crippen LogP contribution in [0.1, 0.15) is 94.7 Å². The number of unbranched alkanes of at least 4 members (excludes halogenated alkanes) is 9. The lowest BCUT2D eigenvalue weighted by Crippen LogP contribution is -2.21. The van der Waals surface area contributed by atoms with Gasteiger partial charge >= 0.3 is 11.9 Å². The van der Waals surface area contributed by atoms with Gasteiger partial charge in [-0.1, -0.05) is 138 Å². The lowest BCUT2D eigenvalue weighted by Gasteiger charge is -2.07. The number of carboxylic acids is 1. The number of imidazole rings is 1. The van der Waals surface area contributed by atoms with Crippen LogP contribution in [0.4, 0.5) is 0 Å². The monoisotopic (exact) mass is 744 g/mol. The minimum Gasteiger partial charge on any atom is -0.479 e. The van der Waals surface area contributed by atoms with Crippen molar-refractivity contribution in [3.05, 3.63) is 108 Å². The minimum atomic E-state index is -1.07. The van der Waals surface area contributed by atoms with Crippen molar-refractivity contribution in [3.8, 4) is 33.9 Å². The number of H-pyrrole nitrogens is 1. The van der Waals surface area contributed by atoms with E-state index in [1.54, 1.807) is 19.1 Å². The van der Waals surface area contributed by atoms with Crippen LogP contribution >= 0.6 is 0 Å². The Labute approximate surface area is 323 Å². The Morgan fingerprint density at radius 3 is 1.91 bits per heavy atom. The largest absolute Gasteiger partial charge is 0.479 e. The molecule has 3 aromatic carbocycles. The summed E-state index contributed by atoms with van der Waals surface area (Å²) in [4.78, 5) is 49.3. The van der Waals surface area contributed by atoms with E-state index in [4.69, 9.17) is 14.6 Å². The number of benzene rings is 3. The molecule has 0 fully saturated rings. The number of aromatic nitrogens is 2. The number of ether oxygens (including phenoxy) is 1. The van der Waals surface area contributed by atoms with Crippen molar-refractivity contribution in [2.45, 2.75) is 84.2 Å². The quantitative estimate of drug-likeness (QED) is 0.0376. The van der Waals surface area contributed by atoms with Gasteiger partial charge in [-0.15, -0.1) is 0 Å². The Bertz CT molecular complexity index is 1940. The summed E-state index contributed by atoms with van der Waals surface area (Å²) in [6, 6.07) is 23.3. The molecule has 2 heterocycles. The van der Waals surface area contributed by atoms with E-state index in [0.29, 0.717) is 24.7 Å². The Balaban J connectivity index is 1.25. The molecule has 1 aliphatic rings. The summed E-state index contributed by atoms with van der Waals surface area (Å²) in [7, 11) is 0. The van der Waals surface area contributed by atoms with Gasteiger partial charge in [-0.3, -0.25) is 15.1 Å². The maximum atomic E-state index is 12.5. The first kappa shape index (κ1) is 40.4. The molecule has 288 valence electrons. The zero-order chi connectivity index (χ0) is 38.8. The molecule has 0 bridgehead atoms. The van der Waals surface area contributed by atoms with E-state index in [2.05, 4.69) is 22.7 Å². The van der Waals surface area contributed by atoms with Crippen LogP contribution in [0, 0.1) is 0 Å².